The minimum atomic E-state index is -0.0296. The maximum absolute atomic E-state index is 12.4. The summed E-state index contributed by atoms with van der Waals surface area (Å²) in [6.07, 6.45) is 3.03. The van der Waals surface area contributed by atoms with Gasteiger partial charge in [0.2, 0.25) is 11.8 Å². The molecule has 0 radical (unpaired) electrons. The first-order valence-corrected chi connectivity index (χ1v) is 10.1. The van der Waals surface area contributed by atoms with Gasteiger partial charge in [-0.05, 0) is 49.9 Å². The molecule has 1 saturated carbocycles. The van der Waals surface area contributed by atoms with Crippen molar-refractivity contribution in [3.05, 3.63) is 29.3 Å². The fourth-order valence-electron chi connectivity index (χ4n) is 3.70. The van der Waals surface area contributed by atoms with Gasteiger partial charge in [0.1, 0.15) is 0 Å². The first kappa shape index (κ1) is 20.1. The molecule has 0 bridgehead atoms. The van der Waals surface area contributed by atoms with Crippen LogP contribution in [0.2, 0.25) is 5.02 Å². The van der Waals surface area contributed by atoms with Gasteiger partial charge in [0.25, 0.3) is 0 Å². The second-order valence-corrected chi connectivity index (χ2v) is 7.73. The Labute approximate surface area is 165 Å². The van der Waals surface area contributed by atoms with E-state index in [-0.39, 0.29) is 23.7 Å². The summed E-state index contributed by atoms with van der Waals surface area (Å²) in [6, 6.07) is 7.12. The smallest absolute Gasteiger partial charge is 0.227 e. The minimum absolute atomic E-state index is 0.0225. The number of morpholine rings is 1. The molecule has 0 unspecified atom stereocenters. The molecular weight excluding hydrogens is 366 g/mol. The summed E-state index contributed by atoms with van der Waals surface area (Å²) >= 11 is 5.86. The van der Waals surface area contributed by atoms with E-state index >= 15 is 0 Å². The highest BCUT2D eigenvalue weighted by Gasteiger charge is 2.29. The largest absolute Gasteiger partial charge is 0.379 e. The number of nitrogens with zero attached hydrogens (tertiary/aromatic N) is 1. The predicted octanol–water partition coefficient (Wildman–Crippen LogP) is 2.53. The van der Waals surface area contributed by atoms with Crippen LogP contribution in [0.25, 0.3) is 0 Å². The van der Waals surface area contributed by atoms with Crippen molar-refractivity contribution >= 4 is 29.1 Å². The van der Waals surface area contributed by atoms with E-state index in [1.54, 1.807) is 24.3 Å². The number of hydrogen-bond donors (Lipinski definition) is 2. The highest BCUT2D eigenvalue weighted by molar-refractivity contribution is 6.30. The van der Waals surface area contributed by atoms with Crippen LogP contribution in [0.1, 0.15) is 25.7 Å². The van der Waals surface area contributed by atoms with E-state index in [4.69, 9.17) is 16.3 Å². The molecule has 1 aromatic rings. The lowest BCUT2D eigenvalue weighted by molar-refractivity contribution is -0.128. The molecule has 7 heteroatoms. The van der Waals surface area contributed by atoms with Crippen LogP contribution < -0.4 is 10.6 Å². The lowest BCUT2D eigenvalue weighted by Gasteiger charge is -2.28. The molecule has 1 heterocycles. The van der Waals surface area contributed by atoms with Gasteiger partial charge < -0.3 is 15.4 Å². The summed E-state index contributed by atoms with van der Waals surface area (Å²) in [5, 5.41) is 6.64. The molecule has 3 rings (SSSR count). The van der Waals surface area contributed by atoms with Crippen LogP contribution in [0.4, 0.5) is 5.69 Å². The Morgan fingerprint density at radius 2 is 1.59 bits per heavy atom. The van der Waals surface area contributed by atoms with Crippen LogP contribution in [-0.4, -0.2) is 56.1 Å². The van der Waals surface area contributed by atoms with Gasteiger partial charge in [0, 0.05) is 48.7 Å². The molecule has 1 saturated heterocycles. The van der Waals surface area contributed by atoms with E-state index in [1.807, 2.05) is 0 Å². The Morgan fingerprint density at radius 1 is 1.00 bits per heavy atom. The molecule has 148 valence electrons. The van der Waals surface area contributed by atoms with Crippen molar-refractivity contribution in [3.63, 3.8) is 0 Å². The van der Waals surface area contributed by atoms with Gasteiger partial charge in [0.05, 0.1) is 13.2 Å². The van der Waals surface area contributed by atoms with Crippen molar-refractivity contribution in [1.29, 1.82) is 0 Å². The van der Waals surface area contributed by atoms with Gasteiger partial charge in [-0.15, -0.1) is 0 Å². The molecule has 2 fully saturated rings. The number of benzene rings is 1. The number of ether oxygens (including phenoxy) is 1. The molecule has 1 aliphatic carbocycles. The third-order valence-electron chi connectivity index (χ3n) is 5.41. The Bertz CT molecular complexity index is 624. The van der Waals surface area contributed by atoms with Crippen LogP contribution in [0.3, 0.4) is 0 Å². The highest BCUT2D eigenvalue weighted by atomic mass is 35.5. The average molecular weight is 394 g/mol. The van der Waals surface area contributed by atoms with Crippen molar-refractivity contribution < 1.29 is 14.3 Å². The first-order chi connectivity index (χ1) is 13.1. The number of hydrogen-bond acceptors (Lipinski definition) is 4. The summed E-state index contributed by atoms with van der Waals surface area (Å²) in [5.41, 5.74) is 0.757. The molecule has 1 aliphatic heterocycles. The van der Waals surface area contributed by atoms with E-state index in [2.05, 4.69) is 15.5 Å². The second-order valence-electron chi connectivity index (χ2n) is 7.29. The summed E-state index contributed by atoms with van der Waals surface area (Å²) < 4.78 is 5.33. The molecule has 1 aromatic carbocycles. The van der Waals surface area contributed by atoms with Crippen molar-refractivity contribution in [2.75, 3.05) is 44.7 Å². The first-order valence-electron chi connectivity index (χ1n) is 9.76. The van der Waals surface area contributed by atoms with Crippen LogP contribution in [0.15, 0.2) is 24.3 Å². The Hall–Kier alpha value is -1.63. The zero-order chi connectivity index (χ0) is 19.1. The monoisotopic (exact) mass is 393 g/mol. The SMILES string of the molecule is O=C(NCCN1CCOCC1)C1CCC(C(=O)Nc2ccc(Cl)cc2)CC1. The van der Waals surface area contributed by atoms with Crippen LogP contribution in [0.5, 0.6) is 0 Å². The van der Waals surface area contributed by atoms with Gasteiger partial charge >= 0.3 is 0 Å². The molecule has 0 atom stereocenters. The van der Waals surface area contributed by atoms with Gasteiger partial charge in [-0.25, -0.2) is 0 Å². The summed E-state index contributed by atoms with van der Waals surface area (Å²) in [5.74, 6) is 0.149. The zero-order valence-electron chi connectivity index (χ0n) is 15.6. The number of nitrogens with one attached hydrogen (secondary N) is 2. The van der Waals surface area contributed by atoms with Crippen molar-refractivity contribution in [3.8, 4) is 0 Å². The predicted molar refractivity (Wildman–Crippen MR) is 106 cm³/mol. The molecule has 0 aromatic heterocycles. The Kier molecular flexibility index (Phi) is 7.50. The van der Waals surface area contributed by atoms with Crippen LogP contribution in [-0.2, 0) is 14.3 Å². The topological polar surface area (TPSA) is 70.7 Å². The number of carbonyl (C=O) groups is 2. The molecule has 2 N–H and O–H groups in total. The quantitative estimate of drug-likeness (QED) is 0.779. The number of carbonyl (C=O) groups excluding carboxylic acids is 2. The Balaban J connectivity index is 1.35. The number of amides is 2. The number of halogens is 1. The van der Waals surface area contributed by atoms with Crippen LogP contribution in [0, 0.1) is 11.8 Å². The van der Waals surface area contributed by atoms with E-state index in [0.717, 1.165) is 64.2 Å². The molecule has 6 nitrogen and oxygen atoms in total. The summed E-state index contributed by atoms with van der Waals surface area (Å²) in [6.45, 7) is 4.96. The van der Waals surface area contributed by atoms with Crippen molar-refractivity contribution in [2.45, 2.75) is 25.7 Å². The van der Waals surface area contributed by atoms with Crippen molar-refractivity contribution in [2.24, 2.45) is 11.8 Å². The highest BCUT2D eigenvalue weighted by Crippen LogP contribution is 2.30. The summed E-state index contributed by atoms with van der Waals surface area (Å²) in [4.78, 5) is 27.1. The standard InChI is InChI=1S/C20H28ClN3O3/c21-17-5-7-18(8-6-17)23-20(26)16-3-1-15(2-4-16)19(25)22-9-10-24-11-13-27-14-12-24/h5-8,15-16H,1-4,9-14H2,(H,22,25)(H,23,26). The van der Waals surface area contributed by atoms with Gasteiger partial charge in [-0.2, -0.15) is 0 Å². The van der Waals surface area contributed by atoms with Gasteiger partial charge in [-0.3, -0.25) is 14.5 Å². The molecular formula is C20H28ClN3O3. The third-order valence-corrected chi connectivity index (χ3v) is 5.66. The third kappa shape index (κ3) is 6.19. The van der Waals surface area contributed by atoms with Crippen LogP contribution >= 0.6 is 11.6 Å². The second kappa shape index (κ2) is 10.1. The lowest BCUT2D eigenvalue weighted by atomic mass is 9.81. The zero-order valence-corrected chi connectivity index (χ0v) is 16.3. The summed E-state index contributed by atoms with van der Waals surface area (Å²) in [7, 11) is 0. The van der Waals surface area contributed by atoms with Gasteiger partial charge in [-0.1, -0.05) is 11.6 Å². The average Bonchev–Trinajstić information content (AvgIpc) is 2.70. The number of rotatable bonds is 6. The molecule has 0 spiro atoms. The van der Waals surface area contributed by atoms with E-state index in [9.17, 15) is 9.59 Å². The number of anilines is 1. The molecule has 2 amide bonds. The lowest BCUT2D eigenvalue weighted by Crippen LogP contribution is -2.43. The normalized spacial score (nSPS) is 23.6. The van der Waals surface area contributed by atoms with Gasteiger partial charge in [0.15, 0.2) is 0 Å². The molecule has 27 heavy (non-hydrogen) atoms. The Morgan fingerprint density at radius 3 is 2.22 bits per heavy atom. The van der Waals surface area contributed by atoms with Crippen molar-refractivity contribution in [1.82, 2.24) is 10.2 Å². The van der Waals surface area contributed by atoms with E-state index in [1.165, 1.54) is 0 Å². The minimum Gasteiger partial charge on any atom is -0.379 e. The van der Waals surface area contributed by atoms with E-state index in [0.29, 0.717) is 11.6 Å². The van der Waals surface area contributed by atoms with E-state index < -0.39 is 0 Å². The fraction of sp³-hybridized carbons (Fsp3) is 0.600. The fourth-order valence-corrected chi connectivity index (χ4v) is 3.83. The maximum atomic E-state index is 12.4. The maximum Gasteiger partial charge on any atom is 0.227 e. The molecule has 2 aliphatic rings.